The molecule has 0 atom stereocenters. The Balaban J connectivity index is 1.83. The molecule has 0 spiro atoms. The number of thioether (sulfide) groups is 1. The maximum absolute atomic E-state index is 12.7. The molecule has 1 amide bonds. The van der Waals surface area contributed by atoms with Crippen molar-refractivity contribution in [3.63, 3.8) is 0 Å². The van der Waals surface area contributed by atoms with Crippen LogP contribution in [0.2, 0.25) is 0 Å². The van der Waals surface area contributed by atoms with E-state index in [0.717, 1.165) is 25.2 Å². The zero-order chi connectivity index (χ0) is 21.7. The molecule has 1 saturated heterocycles. The van der Waals surface area contributed by atoms with Crippen LogP contribution in [0.15, 0.2) is 55.2 Å². The molecule has 0 unspecified atom stereocenters. The molecule has 30 heavy (non-hydrogen) atoms. The molecule has 8 heteroatoms. The van der Waals surface area contributed by atoms with Crippen molar-refractivity contribution < 1.29 is 9.53 Å². The van der Waals surface area contributed by atoms with Crippen molar-refractivity contribution >= 4 is 60.8 Å². The summed E-state index contributed by atoms with van der Waals surface area (Å²) < 4.78 is 7.47. The van der Waals surface area contributed by atoms with Crippen LogP contribution in [0.25, 0.3) is 6.08 Å². The van der Waals surface area contributed by atoms with Crippen molar-refractivity contribution in [2.24, 2.45) is 4.99 Å². The number of carbonyl (C=O) groups excluding carboxylic acids is 1. The Morgan fingerprint density at radius 3 is 2.57 bits per heavy atom. The lowest BCUT2D eigenvalue weighted by atomic mass is 10.1. The summed E-state index contributed by atoms with van der Waals surface area (Å²) in [4.78, 5) is 19.4. The standard InChI is InChI=1S/C22H19Br2N3O2S/c1-3-26-22-27(4-2)21(28)19(30-22)11-14-9-17(23)20(18(24)10-14)29-13-16-8-6-5-7-15(16)12-25/h5-11H,3-4,13H2,1-2H3/b19-11+,26-22?. The van der Waals surface area contributed by atoms with Crippen LogP contribution in [0, 0.1) is 11.3 Å². The van der Waals surface area contributed by atoms with Crippen LogP contribution < -0.4 is 4.74 Å². The first-order valence-electron chi connectivity index (χ1n) is 9.34. The number of carbonyl (C=O) groups is 1. The Kier molecular flexibility index (Phi) is 7.75. The van der Waals surface area contributed by atoms with E-state index in [-0.39, 0.29) is 12.5 Å². The highest BCUT2D eigenvalue weighted by atomic mass is 79.9. The molecular weight excluding hydrogens is 530 g/mol. The van der Waals surface area contributed by atoms with E-state index < -0.39 is 0 Å². The molecule has 3 rings (SSSR count). The average Bonchev–Trinajstić information content (AvgIpc) is 3.02. The van der Waals surface area contributed by atoms with Gasteiger partial charge in [0.05, 0.1) is 25.5 Å². The highest BCUT2D eigenvalue weighted by Gasteiger charge is 2.31. The van der Waals surface area contributed by atoms with Crippen LogP contribution in [0.3, 0.4) is 0 Å². The van der Waals surface area contributed by atoms with Crippen molar-refractivity contribution in [1.82, 2.24) is 4.90 Å². The number of benzene rings is 2. The number of aliphatic imine (C=N–C) groups is 1. The zero-order valence-electron chi connectivity index (χ0n) is 16.5. The van der Waals surface area contributed by atoms with Crippen molar-refractivity contribution in [2.45, 2.75) is 20.5 Å². The van der Waals surface area contributed by atoms with Gasteiger partial charge in [0.25, 0.3) is 5.91 Å². The van der Waals surface area contributed by atoms with E-state index in [4.69, 9.17) is 4.74 Å². The predicted molar refractivity (Wildman–Crippen MR) is 128 cm³/mol. The topological polar surface area (TPSA) is 65.7 Å². The first kappa shape index (κ1) is 22.6. The minimum absolute atomic E-state index is 0.0321. The molecular formula is C22H19Br2N3O2S. The molecule has 0 N–H and O–H groups in total. The van der Waals surface area contributed by atoms with E-state index in [9.17, 15) is 10.1 Å². The summed E-state index contributed by atoms with van der Waals surface area (Å²) in [6.07, 6.45) is 1.86. The van der Waals surface area contributed by atoms with Crippen LogP contribution >= 0.6 is 43.6 Å². The van der Waals surface area contributed by atoms with Gasteiger partial charge in [-0.2, -0.15) is 5.26 Å². The molecule has 5 nitrogen and oxygen atoms in total. The molecule has 154 valence electrons. The first-order chi connectivity index (χ1) is 14.5. The lowest BCUT2D eigenvalue weighted by Crippen LogP contribution is -2.28. The fourth-order valence-electron chi connectivity index (χ4n) is 2.90. The molecule has 2 aromatic carbocycles. The average molecular weight is 549 g/mol. The van der Waals surface area contributed by atoms with Gasteiger partial charge in [-0.1, -0.05) is 18.2 Å². The van der Waals surface area contributed by atoms with E-state index in [1.165, 1.54) is 11.8 Å². The molecule has 0 radical (unpaired) electrons. The van der Waals surface area contributed by atoms with Crippen molar-refractivity contribution in [2.75, 3.05) is 13.1 Å². The molecule has 1 aliphatic rings. The highest BCUT2D eigenvalue weighted by Crippen LogP contribution is 2.38. The maximum Gasteiger partial charge on any atom is 0.266 e. The number of amidine groups is 1. The maximum atomic E-state index is 12.7. The number of likely N-dealkylation sites (N-methyl/N-ethyl adjacent to an activating group) is 1. The van der Waals surface area contributed by atoms with E-state index in [2.05, 4.69) is 42.9 Å². The summed E-state index contributed by atoms with van der Waals surface area (Å²) in [6, 6.07) is 13.3. The van der Waals surface area contributed by atoms with E-state index in [0.29, 0.717) is 29.3 Å². The summed E-state index contributed by atoms with van der Waals surface area (Å²) in [5.41, 5.74) is 2.27. The smallest absolute Gasteiger partial charge is 0.266 e. The number of halogens is 2. The van der Waals surface area contributed by atoms with Gasteiger partial charge in [0.15, 0.2) is 5.17 Å². The highest BCUT2D eigenvalue weighted by molar-refractivity contribution is 9.11. The summed E-state index contributed by atoms with van der Waals surface area (Å²) in [7, 11) is 0. The zero-order valence-corrected chi connectivity index (χ0v) is 20.5. The Morgan fingerprint density at radius 2 is 1.93 bits per heavy atom. The van der Waals surface area contributed by atoms with Gasteiger partial charge in [-0.3, -0.25) is 14.7 Å². The van der Waals surface area contributed by atoms with Crippen molar-refractivity contribution in [1.29, 1.82) is 5.26 Å². The van der Waals surface area contributed by atoms with Crippen LogP contribution in [-0.2, 0) is 11.4 Å². The number of hydrogen-bond donors (Lipinski definition) is 0. The van der Waals surface area contributed by atoms with Gasteiger partial charge in [0, 0.05) is 18.7 Å². The molecule has 2 aromatic rings. The lowest BCUT2D eigenvalue weighted by Gasteiger charge is -2.12. The normalized spacial score (nSPS) is 16.4. The number of amides is 1. The SMILES string of the molecule is CCN=C1S/C(=C/c2cc(Br)c(OCc3ccccc3C#N)c(Br)c2)C(=O)N1CC. The second-order valence-corrected chi connectivity index (χ2v) is 9.01. The fourth-order valence-corrected chi connectivity index (χ4v) is 5.45. The van der Waals surface area contributed by atoms with Crippen molar-refractivity contribution in [3.05, 3.63) is 66.9 Å². The Morgan fingerprint density at radius 1 is 1.23 bits per heavy atom. The minimum atomic E-state index is -0.0321. The first-order valence-corrected chi connectivity index (χ1v) is 11.7. The molecule has 0 bridgehead atoms. The third kappa shape index (κ3) is 4.97. The molecule has 0 aromatic heterocycles. The predicted octanol–water partition coefficient (Wildman–Crippen LogP) is 5.97. The number of rotatable bonds is 6. The number of nitriles is 1. The minimum Gasteiger partial charge on any atom is -0.486 e. The van der Waals surface area contributed by atoms with Gasteiger partial charge >= 0.3 is 0 Å². The number of hydrogen-bond acceptors (Lipinski definition) is 5. The monoisotopic (exact) mass is 547 g/mol. The third-order valence-electron chi connectivity index (χ3n) is 4.33. The quantitative estimate of drug-likeness (QED) is 0.417. The van der Waals surface area contributed by atoms with E-state index in [1.54, 1.807) is 11.0 Å². The van der Waals surface area contributed by atoms with Crippen LogP contribution in [0.1, 0.15) is 30.5 Å². The second kappa shape index (κ2) is 10.3. The lowest BCUT2D eigenvalue weighted by molar-refractivity contribution is -0.122. The molecule has 1 heterocycles. The van der Waals surface area contributed by atoms with Gasteiger partial charge < -0.3 is 4.74 Å². The summed E-state index contributed by atoms with van der Waals surface area (Å²) in [6.45, 7) is 5.40. The summed E-state index contributed by atoms with van der Waals surface area (Å²) in [5, 5.41) is 9.98. The summed E-state index contributed by atoms with van der Waals surface area (Å²) >= 11 is 8.51. The second-order valence-electron chi connectivity index (χ2n) is 6.29. The van der Waals surface area contributed by atoms with Crippen molar-refractivity contribution in [3.8, 4) is 11.8 Å². The molecule has 0 saturated carbocycles. The Bertz CT molecular complexity index is 1050. The van der Waals surface area contributed by atoms with Gasteiger partial charge in [0.1, 0.15) is 12.4 Å². The van der Waals surface area contributed by atoms with Gasteiger partial charge in [0.2, 0.25) is 0 Å². The number of ether oxygens (including phenoxy) is 1. The van der Waals surface area contributed by atoms with Gasteiger partial charge in [-0.25, -0.2) is 0 Å². The van der Waals surface area contributed by atoms with Gasteiger partial charge in [-0.15, -0.1) is 0 Å². The largest absolute Gasteiger partial charge is 0.486 e. The Hall–Kier alpha value is -2.08. The molecule has 0 aliphatic carbocycles. The van der Waals surface area contributed by atoms with Crippen LogP contribution in [0.4, 0.5) is 0 Å². The summed E-state index contributed by atoms with van der Waals surface area (Å²) in [5.74, 6) is 0.606. The fraction of sp³-hybridized carbons (Fsp3) is 0.227. The number of nitrogens with zero attached hydrogens (tertiary/aromatic N) is 3. The van der Waals surface area contributed by atoms with Gasteiger partial charge in [-0.05, 0) is 87.3 Å². The Labute approximate surface area is 197 Å². The molecule has 1 aliphatic heterocycles. The van der Waals surface area contributed by atoms with E-state index in [1.807, 2.05) is 50.3 Å². The van der Waals surface area contributed by atoms with Crippen LogP contribution in [0.5, 0.6) is 5.75 Å². The van der Waals surface area contributed by atoms with E-state index >= 15 is 0 Å². The third-order valence-corrected chi connectivity index (χ3v) is 6.55. The molecule has 1 fully saturated rings. The van der Waals surface area contributed by atoms with Crippen LogP contribution in [-0.4, -0.2) is 29.1 Å².